The molecule has 1 atom stereocenters. The molecule has 1 heterocycles. The van der Waals surface area contributed by atoms with Crippen LogP contribution < -0.4 is 11.1 Å². The molecule has 4 nitrogen and oxygen atoms in total. The quantitative estimate of drug-likeness (QED) is 0.826. The summed E-state index contributed by atoms with van der Waals surface area (Å²) < 4.78 is 1.99. The van der Waals surface area contributed by atoms with Crippen LogP contribution in [0.15, 0.2) is 0 Å². The third kappa shape index (κ3) is 1.77. The van der Waals surface area contributed by atoms with Gasteiger partial charge in [0.25, 0.3) is 0 Å². The number of anilines is 2. The first-order valence-corrected chi connectivity index (χ1v) is 5.94. The Morgan fingerprint density at radius 3 is 2.50 bits per heavy atom. The molecule has 0 radical (unpaired) electrons. The Hall–Kier alpha value is -1.19. The van der Waals surface area contributed by atoms with Gasteiger partial charge in [0.15, 0.2) is 0 Å². The lowest BCUT2D eigenvalue weighted by atomic mass is 10.2. The summed E-state index contributed by atoms with van der Waals surface area (Å²) in [7, 11) is 0. The lowest BCUT2D eigenvalue weighted by Crippen LogP contribution is -2.15. The summed E-state index contributed by atoms with van der Waals surface area (Å²) in [6.45, 7) is 10.7. The van der Waals surface area contributed by atoms with Gasteiger partial charge in [-0.05, 0) is 32.6 Å². The van der Waals surface area contributed by atoms with Crippen LogP contribution in [0.1, 0.15) is 45.9 Å². The molecule has 1 aliphatic carbocycles. The molecule has 1 fully saturated rings. The zero-order chi connectivity index (χ0) is 12.1. The number of hydrogen-bond donors (Lipinski definition) is 2. The van der Waals surface area contributed by atoms with E-state index in [0.29, 0.717) is 17.5 Å². The maximum absolute atomic E-state index is 6.06. The molecule has 1 saturated carbocycles. The van der Waals surface area contributed by atoms with E-state index in [1.54, 1.807) is 0 Å². The lowest BCUT2D eigenvalue weighted by molar-refractivity contribution is 0.531. The fourth-order valence-electron chi connectivity index (χ4n) is 1.96. The highest BCUT2D eigenvalue weighted by Gasteiger charge is 2.46. The van der Waals surface area contributed by atoms with Gasteiger partial charge in [-0.15, -0.1) is 0 Å². The van der Waals surface area contributed by atoms with Crippen molar-refractivity contribution in [3.8, 4) is 0 Å². The summed E-state index contributed by atoms with van der Waals surface area (Å²) in [4.78, 5) is 0. The molecule has 0 aliphatic heterocycles. The van der Waals surface area contributed by atoms with Crippen molar-refractivity contribution in [1.29, 1.82) is 0 Å². The summed E-state index contributed by atoms with van der Waals surface area (Å²) in [6.07, 6.45) is 1.20. The summed E-state index contributed by atoms with van der Waals surface area (Å²) in [5, 5.41) is 7.99. The van der Waals surface area contributed by atoms with Crippen molar-refractivity contribution in [3.05, 3.63) is 5.69 Å². The topological polar surface area (TPSA) is 55.9 Å². The maximum atomic E-state index is 6.06. The molecule has 2 rings (SSSR count). The van der Waals surface area contributed by atoms with Gasteiger partial charge in [0.1, 0.15) is 5.82 Å². The number of nitrogens with one attached hydrogen (secondary N) is 1. The van der Waals surface area contributed by atoms with Gasteiger partial charge < -0.3 is 11.1 Å². The number of nitrogens with zero attached hydrogens (tertiary/aromatic N) is 2. The standard InChI is InChI=1S/C12H22N4/c1-7(2)16-11(10(13)8(3)15-16)14-9-6-12(9,4)5/h7,9,14H,6,13H2,1-5H3. The second kappa shape index (κ2) is 3.40. The van der Waals surface area contributed by atoms with Crippen LogP contribution >= 0.6 is 0 Å². The molecular formula is C12H22N4. The fraction of sp³-hybridized carbons (Fsp3) is 0.750. The van der Waals surface area contributed by atoms with E-state index in [2.05, 4.69) is 38.1 Å². The van der Waals surface area contributed by atoms with Gasteiger partial charge in [-0.2, -0.15) is 5.10 Å². The fourth-order valence-corrected chi connectivity index (χ4v) is 1.96. The summed E-state index contributed by atoms with van der Waals surface area (Å²) in [5.41, 5.74) is 8.16. The van der Waals surface area contributed by atoms with Gasteiger partial charge in [0.2, 0.25) is 0 Å². The Balaban J connectivity index is 2.25. The van der Waals surface area contributed by atoms with Gasteiger partial charge in [-0.1, -0.05) is 13.8 Å². The Labute approximate surface area is 97.2 Å². The molecule has 0 saturated heterocycles. The number of hydrogen-bond acceptors (Lipinski definition) is 3. The van der Waals surface area contributed by atoms with E-state index >= 15 is 0 Å². The monoisotopic (exact) mass is 222 g/mol. The second-order valence-electron chi connectivity index (χ2n) is 5.78. The van der Waals surface area contributed by atoms with Crippen molar-refractivity contribution in [2.45, 2.75) is 53.1 Å². The molecule has 1 unspecified atom stereocenters. The third-order valence-electron chi connectivity index (χ3n) is 3.45. The first-order valence-electron chi connectivity index (χ1n) is 5.94. The maximum Gasteiger partial charge on any atom is 0.148 e. The van der Waals surface area contributed by atoms with Crippen molar-refractivity contribution in [1.82, 2.24) is 9.78 Å². The van der Waals surface area contributed by atoms with E-state index in [4.69, 9.17) is 5.73 Å². The van der Waals surface area contributed by atoms with Crippen molar-refractivity contribution in [3.63, 3.8) is 0 Å². The number of aryl methyl sites for hydroxylation is 1. The van der Waals surface area contributed by atoms with E-state index in [1.807, 2.05) is 11.6 Å². The van der Waals surface area contributed by atoms with Crippen molar-refractivity contribution < 1.29 is 0 Å². The zero-order valence-corrected chi connectivity index (χ0v) is 10.8. The van der Waals surface area contributed by atoms with E-state index in [9.17, 15) is 0 Å². The van der Waals surface area contributed by atoms with Crippen LogP contribution in [0.25, 0.3) is 0 Å². The molecule has 16 heavy (non-hydrogen) atoms. The van der Waals surface area contributed by atoms with Gasteiger partial charge in [-0.3, -0.25) is 0 Å². The van der Waals surface area contributed by atoms with Gasteiger partial charge in [0, 0.05) is 12.1 Å². The molecule has 1 aromatic heterocycles. The Morgan fingerprint density at radius 2 is 2.06 bits per heavy atom. The highest BCUT2D eigenvalue weighted by Crippen LogP contribution is 2.47. The van der Waals surface area contributed by atoms with Crippen LogP contribution in [0.3, 0.4) is 0 Å². The van der Waals surface area contributed by atoms with Crippen molar-refractivity contribution in [2.24, 2.45) is 5.41 Å². The Kier molecular flexibility index (Phi) is 2.40. The third-order valence-corrected chi connectivity index (χ3v) is 3.45. The number of aromatic nitrogens is 2. The zero-order valence-electron chi connectivity index (χ0n) is 10.8. The second-order valence-corrected chi connectivity index (χ2v) is 5.78. The first kappa shape index (κ1) is 11.3. The normalized spacial score (nSPS) is 22.5. The van der Waals surface area contributed by atoms with E-state index in [0.717, 1.165) is 17.2 Å². The predicted molar refractivity (Wildman–Crippen MR) is 67.6 cm³/mol. The van der Waals surface area contributed by atoms with Crippen LogP contribution in [0, 0.1) is 12.3 Å². The highest BCUT2D eigenvalue weighted by atomic mass is 15.4. The molecule has 1 aromatic rings. The molecule has 1 aliphatic rings. The molecule has 0 aromatic carbocycles. The number of nitrogen functional groups attached to an aromatic ring is 1. The molecule has 90 valence electrons. The minimum Gasteiger partial charge on any atom is -0.394 e. The smallest absolute Gasteiger partial charge is 0.148 e. The molecule has 4 heteroatoms. The van der Waals surface area contributed by atoms with Gasteiger partial charge in [-0.25, -0.2) is 4.68 Å². The molecular weight excluding hydrogens is 200 g/mol. The van der Waals surface area contributed by atoms with Crippen molar-refractivity contribution in [2.75, 3.05) is 11.1 Å². The SMILES string of the molecule is Cc1nn(C(C)C)c(NC2CC2(C)C)c1N. The minimum absolute atomic E-state index is 0.334. The number of rotatable bonds is 3. The molecule has 0 bridgehead atoms. The van der Waals surface area contributed by atoms with Crippen LogP contribution in [0.2, 0.25) is 0 Å². The number of nitrogens with two attached hydrogens (primary N) is 1. The van der Waals surface area contributed by atoms with Crippen LogP contribution in [0.5, 0.6) is 0 Å². The Morgan fingerprint density at radius 1 is 1.50 bits per heavy atom. The minimum atomic E-state index is 0.334. The summed E-state index contributed by atoms with van der Waals surface area (Å²) >= 11 is 0. The van der Waals surface area contributed by atoms with Gasteiger partial charge >= 0.3 is 0 Å². The predicted octanol–water partition coefficient (Wildman–Crippen LogP) is 2.57. The molecule has 0 spiro atoms. The average Bonchev–Trinajstić information content (AvgIpc) is 2.66. The van der Waals surface area contributed by atoms with Crippen LogP contribution in [-0.2, 0) is 0 Å². The molecule has 0 amide bonds. The Bertz CT molecular complexity index is 403. The van der Waals surface area contributed by atoms with E-state index in [-0.39, 0.29) is 0 Å². The van der Waals surface area contributed by atoms with Crippen molar-refractivity contribution >= 4 is 11.5 Å². The summed E-state index contributed by atoms with van der Waals surface area (Å²) in [6, 6.07) is 0.865. The summed E-state index contributed by atoms with van der Waals surface area (Å²) in [5.74, 6) is 0.989. The first-order chi connectivity index (χ1) is 7.33. The lowest BCUT2D eigenvalue weighted by Gasteiger charge is -2.14. The van der Waals surface area contributed by atoms with Gasteiger partial charge in [0.05, 0.1) is 11.4 Å². The van der Waals surface area contributed by atoms with E-state index in [1.165, 1.54) is 6.42 Å². The van der Waals surface area contributed by atoms with Crippen LogP contribution in [-0.4, -0.2) is 15.8 Å². The van der Waals surface area contributed by atoms with Crippen LogP contribution in [0.4, 0.5) is 11.5 Å². The largest absolute Gasteiger partial charge is 0.394 e. The molecule has 3 N–H and O–H groups in total. The average molecular weight is 222 g/mol. The highest BCUT2D eigenvalue weighted by molar-refractivity contribution is 5.66. The van der Waals surface area contributed by atoms with E-state index < -0.39 is 0 Å².